The van der Waals surface area contributed by atoms with Crippen LogP contribution in [0.3, 0.4) is 0 Å². The molecule has 0 aliphatic heterocycles. The molecule has 0 unspecified atom stereocenters. The molecule has 0 aliphatic carbocycles. The van der Waals surface area contributed by atoms with Crippen molar-refractivity contribution >= 4 is 5.91 Å². The summed E-state index contributed by atoms with van der Waals surface area (Å²) < 4.78 is 8.71. The van der Waals surface area contributed by atoms with E-state index in [1.165, 1.54) is 0 Å². The average Bonchev–Trinajstić information content (AvgIpc) is 3.31. The molecule has 4 aromatic rings. The highest BCUT2D eigenvalue weighted by atomic mass is 16.5. The Morgan fingerprint density at radius 3 is 2.43 bits per heavy atom. The van der Waals surface area contributed by atoms with Gasteiger partial charge in [-0.2, -0.15) is 0 Å². The van der Waals surface area contributed by atoms with E-state index in [1.54, 1.807) is 30.3 Å². The fourth-order valence-corrected chi connectivity index (χ4v) is 4.37. The molecule has 0 fully saturated rings. The van der Waals surface area contributed by atoms with Crippen molar-refractivity contribution in [3.8, 4) is 5.69 Å². The first-order chi connectivity index (χ1) is 17.8. The van der Waals surface area contributed by atoms with Gasteiger partial charge in [-0.3, -0.25) is 9.59 Å². The SMILES string of the molecule is COCCCNC(=O)c1cc(Cc2ccc(-n3cnc(C)c3)c(C)c2)c(=O)n(Cc2ccc(C)cc2)c1. The predicted molar refractivity (Wildman–Crippen MR) is 146 cm³/mol. The molecular weight excluding hydrogens is 464 g/mol. The van der Waals surface area contributed by atoms with Crippen molar-refractivity contribution in [2.24, 2.45) is 0 Å². The van der Waals surface area contributed by atoms with Gasteiger partial charge in [0.1, 0.15) is 0 Å². The number of amides is 1. The van der Waals surface area contributed by atoms with E-state index < -0.39 is 0 Å². The molecule has 7 heteroatoms. The Balaban J connectivity index is 1.64. The maximum Gasteiger partial charge on any atom is 0.254 e. The highest BCUT2D eigenvalue weighted by molar-refractivity contribution is 5.94. The van der Waals surface area contributed by atoms with E-state index in [1.807, 2.05) is 67.9 Å². The molecular formula is C30H34N4O3. The van der Waals surface area contributed by atoms with Crippen LogP contribution in [0.25, 0.3) is 5.69 Å². The zero-order chi connectivity index (χ0) is 26.4. The number of methoxy groups -OCH3 is 1. The summed E-state index contributed by atoms with van der Waals surface area (Å²) >= 11 is 0. The zero-order valence-electron chi connectivity index (χ0n) is 22.0. The number of pyridine rings is 1. The molecule has 0 radical (unpaired) electrons. The van der Waals surface area contributed by atoms with Gasteiger partial charge in [-0.25, -0.2) is 4.98 Å². The molecule has 1 amide bonds. The minimum atomic E-state index is -0.197. The molecule has 0 spiro atoms. The van der Waals surface area contributed by atoms with E-state index in [0.29, 0.717) is 37.2 Å². The second-order valence-electron chi connectivity index (χ2n) is 9.49. The predicted octanol–water partition coefficient (Wildman–Crippen LogP) is 4.36. The number of benzene rings is 2. The van der Waals surface area contributed by atoms with Crippen LogP contribution >= 0.6 is 0 Å². The summed E-state index contributed by atoms with van der Waals surface area (Å²) in [6, 6.07) is 16.0. The smallest absolute Gasteiger partial charge is 0.254 e. The Morgan fingerprint density at radius 2 is 1.76 bits per heavy atom. The van der Waals surface area contributed by atoms with Crippen LogP contribution in [-0.4, -0.2) is 40.3 Å². The third kappa shape index (κ3) is 6.62. The molecule has 192 valence electrons. The number of rotatable bonds is 10. The normalized spacial score (nSPS) is 11.0. The summed E-state index contributed by atoms with van der Waals surface area (Å²) in [5, 5.41) is 2.94. The van der Waals surface area contributed by atoms with E-state index in [9.17, 15) is 9.59 Å². The van der Waals surface area contributed by atoms with Gasteiger partial charge in [0.15, 0.2) is 0 Å². The Bertz CT molecular complexity index is 1430. The fraction of sp³-hybridized carbons (Fsp3) is 0.300. The van der Waals surface area contributed by atoms with Gasteiger partial charge in [0.2, 0.25) is 0 Å². The number of nitrogens with zero attached hydrogens (tertiary/aromatic N) is 3. The lowest BCUT2D eigenvalue weighted by molar-refractivity contribution is 0.0947. The standard InChI is InChI=1S/C30H34N4O3/c1-21-6-8-24(9-7-21)18-33-19-27(29(35)31-12-5-13-37-4)16-26(30(33)36)15-25-10-11-28(22(2)14-25)34-17-23(3)32-20-34/h6-11,14,16-17,19-20H,5,12-13,15,18H2,1-4H3,(H,31,35). The Hall–Kier alpha value is -3.97. The van der Waals surface area contributed by atoms with Crippen molar-refractivity contribution in [2.75, 3.05) is 20.3 Å². The van der Waals surface area contributed by atoms with E-state index in [0.717, 1.165) is 40.1 Å². The van der Waals surface area contributed by atoms with Gasteiger partial charge in [-0.15, -0.1) is 0 Å². The van der Waals surface area contributed by atoms with Gasteiger partial charge in [0.05, 0.1) is 24.1 Å². The third-order valence-corrected chi connectivity index (χ3v) is 6.35. The first-order valence-corrected chi connectivity index (χ1v) is 12.5. The summed E-state index contributed by atoms with van der Waals surface area (Å²) in [7, 11) is 1.64. The Morgan fingerprint density at radius 1 is 1.00 bits per heavy atom. The monoisotopic (exact) mass is 498 g/mol. The molecule has 2 heterocycles. The Kier molecular flexibility index (Phi) is 8.36. The van der Waals surface area contributed by atoms with Gasteiger partial charge in [0, 0.05) is 50.3 Å². The summed E-state index contributed by atoms with van der Waals surface area (Å²) in [5.41, 5.74) is 7.22. The van der Waals surface area contributed by atoms with Crippen LogP contribution in [-0.2, 0) is 17.7 Å². The van der Waals surface area contributed by atoms with E-state index in [4.69, 9.17) is 4.74 Å². The maximum atomic E-state index is 13.5. The number of hydrogen-bond donors (Lipinski definition) is 1. The fourth-order valence-electron chi connectivity index (χ4n) is 4.37. The van der Waals surface area contributed by atoms with Crippen LogP contribution < -0.4 is 10.9 Å². The van der Waals surface area contributed by atoms with Crippen LogP contribution in [0.15, 0.2) is 72.0 Å². The number of aryl methyl sites for hydroxylation is 3. The zero-order valence-corrected chi connectivity index (χ0v) is 22.0. The number of aromatic nitrogens is 3. The van der Waals surface area contributed by atoms with E-state index in [-0.39, 0.29) is 11.5 Å². The number of nitrogens with one attached hydrogen (secondary N) is 1. The number of ether oxygens (including phenoxy) is 1. The first-order valence-electron chi connectivity index (χ1n) is 12.5. The first kappa shape index (κ1) is 26.1. The number of carbonyl (C=O) groups excluding carboxylic acids is 1. The number of hydrogen-bond acceptors (Lipinski definition) is 4. The Labute approximate surface area is 217 Å². The molecule has 0 saturated carbocycles. The average molecular weight is 499 g/mol. The van der Waals surface area contributed by atoms with Gasteiger partial charge < -0.3 is 19.2 Å². The van der Waals surface area contributed by atoms with Crippen molar-refractivity contribution in [3.05, 3.63) is 117 Å². The lowest BCUT2D eigenvalue weighted by atomic mass is 10.0. The van der Waals surface area contributed by atoms with Crippen LogP contribution in [0.2, 0.25) is 0 Å². The largest absolute Gasteiger partial charge is 0.385 e. The summed E-state index contributed by atoms with van der Waals surface area (Å²) in [6.07, 6.45) is 6.60. The minimum absolute atomic E-state index is 0.0940. The van der Waals surface area contributed by atoms with Crippen molar-refractivity contribution < 1.29 is 9.53 Å². The van der Waals surface area contributed by atoms with Crippen molar-refractivity contribution in [2.45, 2.75) is 40.2 Å². The van der Waals surface area contributed by atoms with Gasteiger partial charge in [-0.1, -0.05) is 42.0 Å². The lowest BCUT2D eigenvalue weighted by Gasteiger charge is -2.14. The topological polar surface area (TPSA) is 78.2 Å². The number of carbonyl (C=O) groups is 1. The molecule has 1 N–H and O–H groups in total. The van der Waals surface area contributed by atoms with Gasteiger partial charge >= 0.3 is 0 Å². The van der Waals surface area contributed by atoms with Crippen molar-refractivity contribution in [1.82, 2.24) is 19.4 Å². The van der Waals surface area contributed by atoms with Gasteiger partial charge in [-0.05, 0) is 56.0 Å². The summed E-state index contributed by atoms with van der Waals surface area (Å²) in [4.78, 5) is 30.8. The van der Waals surface area contributed by atoms with Crippen LogP contribution in [0, 0.1) is 20.8 Å². The maximum absolute atomic E-state index is 13.5. The minimum Gasteiger partial charge on any atom is -0.385 e. The van der Waals surface area contributed by atoms with E-state index in [2.05, 4.69) is 16.4 Å². The van der Waals surface area contributed by atoms with Crippen LogP contribution in [0.4, 0.5) is 0 Å². The van der Waals surface area contributed by atoms with Gasteiger partial charge in [0.25, 0.3) is 11.5 Å². The molecule has 7 nitrogen and oxygen atoms in total. The molecule has 0 aliphatic rings. The molecule has 2 aromatic heterocycles. The number of imidazole rings is 1. The molecule has 2 aromatic carbocycles. The van der Waals surface area contributed by atoms with Crippen LogP contribution in [0.1, 0.15) is 50.3 Å². The molecule has 4 rings (SSSR count). The highest BCUT2D eigenvalue weighted by Gasteiger charge is 2.14. The van der Waals surface area contributed by atoms with E-state index >= 15 is 0 Å². The summed E-state index contributed by atoms with van der Waals surface area (Å²) in [5.74, 6) is -0.197. The third-order valence-electron chi connectivity index (χ3n) is 6.35. The lowest BCUT2D eigenvalue weighted by Crippen LogP contribution is -2.30. The van der Waals surface area contributed by atoms with Crippen LogP contribution in [0.5, 0.6) is 0 Å². The molecule has 0 atom stereocenters. The molecule has 0 saturated heterocycles. The molecule has 0 bridgehead atoms. The van der Waals surface area contributed by atoms with Crippen molar-refractivity contribution in [3.63, 3.8) is 0 Å². The quantitative estimate of drug-likeness (QED) is 0.330. The second kappa shape index (κ2) is 11.8. The highest BCUT2D eigenvalue weighted by Crippen LogP contribution is 2.18. The molecule has 37 heavy (non-hydrogen) atoms. The van der Waals surface area contributed by atoms with Crippen molar-refractivity contribution in [1.29, 1.82) is 0 Å². The summed E-state index contributed by atoms with van der Waals surface area (Å²) in [6.45, 7) is 7.52. The second-order valence-corrected chi connectivity index (χ2v) is 9.49.